The molecule has 0 radical (unpaired) electrons. The monoisotopic (exact) mass is 276 g/mol. The second-order valence-electron chi connectivity index (χ2n) is 5.26. The van der Waals surface area contributed by atoms with Gasteiger partial charge in [0.2, 0.25) is 0 Å². The van der Waals surface area contributed by atoms with Crippen LogP contribution >= 0.6 is 0 Å². The standard InChI is InChI=1S/C14H28O5/c1-2-3-4-5-6-7-8-18-13(16)9-12-14(17)11(15)10-19-12/h11-17H,2-10H2,1H3. The molecule has 114 valence electrons. The SMILES string of the molecule is CCCCCCCCOC(O)CC1OCC(O)C1O. The van der Waals surface area contributed by atoms with E-state index in [9.17, 15) is 15.3 Å². The normalized spacial score (nSPS) is 28.7. The van der Waals surface area contributed by atoms with Gasteiger partial charge >= 0.3 is 0 Å². The minimum atomic E-state index is -0.930. The number of aliphatic hydroxyl groups excluding tert-OH is 3. The largest absolute Gasteiger partial charge is 0.388 e. The molecule has 1 fully saturated rings. The van der Waals surface area contributed by atoms with Gasteiger partial charge in [-0.2, -0.15) is 0 Å². The van der Waals surface area contributed by atoms with Crippen LogP contribution < -0.4 is 0 Å². The Bertz CT molecular complexity index is 224. The third kappa shape index (κ3) is 6.68. The minimum Gasteiger partial charge on any atom is -0.388 e. The van der Waals surface area contributed by atoms with Gasteiger partial charge in [-0.1, -0.05) is 39.0 Å². The van der Waals surface area contributed by atoms with E-state index in [0.29, 0.717) is 6.61 Å². The Hall–Kier alpha value is -0.200. The smallest absolute Gasteiger partial charge is 0.157 e. The molecule has 5 heteroatoms. The predicted octanol–water partition coefficient (Wildman–Crippen LogP) is 1.19. The van der Waals surface area contributed by atoms with Crippen molar-refractivity contribution in [1.82, 2.24) is 0 Å². The summed E-state index contributed by atoms with van der Waals surface area (Å²) in [4.78, 5) is 0. The molecule has 0 bridgehead atoms. The van der Waals surface area contributed by atoms with Crippen molar-refractivity contribution in [3.63, 3.8) is 0 Å². The van der Waals surface area contributed by atoms with Crippen LogP contribution in [0.5, 0.6) is 0 Å². The van der Waals surface area contributed by atoms with E-state index in [4.69, 9.17) is 9.47 Å². The lowest BCUT2D eigenvalue weighted by Gasteiger charge is -2.18. The number of hydrogen-bond acceptors (Lipinski definition) is 5. The van der Waals surface area contributed by atoms with Crippen molar-refractivity contribution in [2.75, 3.05) is 13.2 Å². The molecule has 1 saturated heterocycles. The number of unbranched alkanes of at least 4 members (excludes halogenated alkanes) is 5. The van der Waals surface area contributed by atoms with Gasteiger partial charge in [-0.25, -0.2) is 0 Å². The molecule has 4 atom stereocenters. The molecular weight excluding hydrogens is 248 g/mol. The Morgan fingerprint density at radius 1 is 1.16 bits per heavy atom. The molecule has 1 aliphatic heterocycles. The van der Waals surface area contributed by atoms with Crippen molar-refractivity contribution in [1.29, 1.82) is 0 Å². The van der Waals surface area contributed by atoms with Gasteiger partial charge in [0.15, 0.2) is 6.29 Å². The molecule has 0 saturated carbocycles. The molecule has 0 aliphatic carbocycles. The zero-order chi connectivity index (χ0) is 14.1. The maximum atomic E-state index is 9.66. The fraction of sp³-hybridized carbons (Fsp3) is 1.00. The zero-order valence-electron chi connectivity index (χ0n) is 11.8. The third-order valence-electron chi connectivity index (χ3n) is 3.50. The molecule has 0 spiro atoms. The van der Waals surface area contributed by atoms with Crippen molar-refractivity contribution in [3.8, 4) is 0 Å². The first-order chi connectivity index (χ1) is 9.15. The van der Waals surface area contributed by atoms with Gasteiger partial charge in [-0.3, -0.25) is 0 Å². The summed E-state index contributed by atoms with van der Waals surface area (Å²) in [6, 6.07) is 0. The zero-order valence-corrected chi connectivity index (χ0v) is 11.8. The van der Waals surface area contributed by atoms with Gasteiger partial charge in [0, 0.05) is 13.0 Å². The van der Waals surface area contributed by atoms with Crippen LogP contribution in [0.2, 0.25) is 0 Å². The number of aliphatic hydroxyl groups is 3. The summed E-state index contributed by atoms with van der Waals surface area (Å²) < 4.78 is 10.5. The van der Waals surface area contributed by atoms with E-state index in [1.807, 2.05) is 0 Å². The Morgan fingerprint density at radius 2 is 1.84 bits per heavy atom. The highest BCUT2D eigenvalue weighted by molar-refractivity contribution is 4.83. The molecule has 1 aliphatic rings. The second-order valence-corrected chi connectivity index (χ2v) is 5.26. The van der Waals surface area contributed by atoms with Gasteiger partial charge in [-0.15, -0.1) is 0 Å². The Morgan fingerprint density at radius 3 is 2.47 bits per heavy atom. The van der Waals surface area contributed by atoms with Crippen molar-refractivity contribution in [3.05, 3.63) is 0 Å². The lowest BCUT2D eigenvalue weighted by Crippen LogP contribution is -2.33. The highest BCUT2D eigenvalue weighted by atomic mass is 16.6. The van der Waals surface area contributed by atoms with Crippen molar-refractivity contribution >= 4 is 0 Å². The lowest BCUT2D eigenvalue weighted by atomic mass is 10.1. The van der Waals surface area contributed by atoms with Crippen molar-refractivity contribution in [2.45, 2.75) is 76.5 Å². The van der Waals surface area contributed by atoms with Crippen LogP contribution in [0.15, 0.2) is 0 Å². The molecule has 1 heterocycles. The number of hydrogen-bond donors (Lipinski definition) is 3. The Labute approximate surface area is 115 Å². The van der Waals surface area contributed by atoms with E-state index < -0.39 is 24.6 Å². The van der Waals surface area contributed by atoms with Crippen LogP contribution in [-0.2, 0) is 9.47 Å². The molecular formula is C14H28O5. The van der Waals surface area contributed by atoms with E-state index in [2.05, 4.69) is 6.92 Å². The van der Waals surface area contributed by atoms with E-state index in [1.54, 1.807) is 0 Å². The molecule has 1 rings (SSSR count). The third-order valence-corrected chi connectivity index (χ3v) is 3.50. The van der Waals surface area contributed by atoms with Crippen LogP contribution in [-0.4, -0.2) is 53.1 Å². The number of ether oxygens (including phenoxy) is 2. The van der Waals surface area contributed by atoms with Crippen LogP contribution in [0.1, 0.15) is 51.9 Å². The first-order valence-electron chi connectivity index (χ1n) is 7.42. The highest BCUT2D eigenvalue weighted by Gasteiger charge is 2.35. The van der Waals surface area contributed by atoms with E-state index in [-0.39, 0.29) is 13.0 Å². The summed E-state index contributed by atoms with van der Waals surface area (Å²) in [5.41, 5.74) is 0. The van der Waals surface area contributed by atoms with Crippen molar-refractivity contribution < 1.29 is 24.8 Å². The summed E-state index contributed by atoms with van der Waals surface area (Å²) in [5, 5.41) is 28.5. The topological polar surface area (TPSA) is 79.2 Å². The summed E-state index contributed by atoms with van der Waals surface area (Å²) >= 11 is 0. The van der Waals surface area contributed by atoms with Crippen LogP contribution in [0, 0.1) is 0 Å². The van der Waals surface area contributed by atoms with Gasteiger partial charge in [0.1, 0.15) is 12.2 Å². The second kappa shape index (κ2) is 9.66. The first-order valence-corrected chi connectivity index (χ1v) is 7.42. The maximum Gasteiger partial charge on any atom is 0.157 e. The minimum absolute atomic E-state index is 0.121. The van der Waals surface area contributed by atoms with Gasteiger partial charge in [0.25, 0.3) is 0 Å². The van der Waals surface area contributed by atoms with Crippen LogP contribution in [0.4, 0.5) is 0 Å². The van der Waals surface area contributed by atoms with Crippen molar-refractivity contribution in [2.24, 2.45) is 0 Å². The first kappa shape index (κ1) is 16.9. The number of rotatable bonds is 10. The van der Waals surface area contributed by atoms with Gasteiger partial charge in [-0.05, 0) is 6.42 Å². The molecule has 19 heavy (non-hydrogen) atoms. The van der Waals surface area contributed by atoms with Crippen LogP contribution in [0.3, 0.4) is 0 Å². The fourth-order valence-corrected chi connectivity index (χ4v) is 2.24. The summed E-state index contributed by atoms with van der Waals surface area (Å²) in [6.45, 7) is 2.84. The molecule has 3 N–H and O–H groups in total. The lowest BCUT2D eigenvalue weighted by molar-refractivity contribution is -0.130. The molecule has 5 nitrogen and oxygen atoms in total. The highest BCUT2D eigenvalue weighted by Crippen LogP contribution is 2.19. The summed E-state index contributed by atoms with van der Waals surface area (Å²) in [6.07, 6.45) is 4.02. The van der Waals surface area contributed by atoms with E-state index >= 15 is 0 Å². The maximum absolute atomic E-state index is 9.66. The van der Waals surface area contributed by atoms with Gasteiger partial charge < -0.3 is 24.8 Å². The van der Waals surface area contributed by atoms with E-state index in [1.165, 1.54) is 25.7 Å². The average Bonchev–Trinajstić information content (AvgIpc) is 2.70. The molecule has 0 aromatic heterocycles. The van der Waals surface area contributed by atoms with Crippen LogP contribution in [0.25, 0.3) is 0 Å². The molecule has 0 amide bonds. The summed E-state index contributed by atoms with van der Waals surface area (Å²) in [7, 11) is 0. The summed E-state index contributed by atoms with van der Waals surface area (Å²) in [5.74, 6) is 0. The molecule has 0 aromatic rings. The predicted molar refractivity (Wildman–Crippen MR) is 71.7 cm³/mol. The molecule has 4 unspecified atom stereocenters. The Balaban J connectivity index is 1.97. The van der Waals surface area contributed by atoms with E-state index in [0.717, 1.165) is 12.8 Å². The van der Waals surface area contributed by atoms with Gasteiger partial charge in [0.05, 0.1) is 12.7 Å². The molecule has 0 aromatic carbocycles. The quantitative estimate of drug-likeness (QED) is 0.413. The fourth-order valence-electron chi connectivity index (χ4n) is 2.24. The Kier molecular flexibility index (Phi) is 8.57. The average molecular weight is 276 g/mol.